The number of alkyl halides is 3. The molecule has 0 aliphatic carbocycles. The van der Waals surface area contributed by atoms with Crippen molar-refractivity contribution in [2.24, 2.45) is 7.05 Å². The van der Waals surface area contributed by atoms with Gasteiger partial charge in [-0.3, -0.25) is 9.78 Å². The van der Waals surface area contributed by atoms with E-state index in [1.165, 1.54) is 0 Å². The molecule has 0 aromatic carbocycles. The van der Waals surface area contributed by atoms with Crippen LogP contribution in [-0.2, 0) is 29.7 Å². The molecule has 2 N–H and O–H groups in total. The van der Waals surface area contributed by atoms with Gasteiger partial charge >= 0.3 is 6.18 Å². The maximum atomic E-state index is 12.5. The molecule has 11 heteroatoms. The maximum Gasteiger partial charge on any atom is 0.435 e. The quantitative estimate of drug-likeness (QED) is 0.771. The Labute approximate surface area is 124 Å². The minimum Gasteiger partial charge on any atom is -0.285 e. The number of hydrogen-bond donors (Lipinski definition) is 2. The Balaban J connectivity index is 1.99. The molecule has 0 fully saturated rings. The van der Waals surface area contributed by atoms with E-state index in [9.17, 15) is 21.6 Å². The second-order valence-electron chi connectivity index (χ2n) is 4.60. The smallest absolute Gasteiger partial charge is 0.285 e. The summed E-state index contributed by atoms with van der Waals surface area (Å²) in [5.74, 6) is 0. The van der Waals surface area contributed by atoms with Crippen LogP contribution in [-0.4, -0.2) is 34.9 Å². The van der Waals surface area contributed by atoms with E-state index < -0.39 is 26.9 Å². The van der Waals surface area contributed by atoms with Crippen LogP contribution in [0.1, 0.15) is 17.7 Å². The van der Waals surface area contributed by atoms with Crippen LogP contribution < -0.4 is 4.72 Å². The Morgan fingerprint density at radius 1 is 1.41 bits per heavy atom. The number of rotatable bonds is 6. The van der Waals surface area contributed by atoms with Crippen molar-refractivity contribution in [3.05, 3.63) is 29.7 Å². The molecule has 22 heavy (non-hydrogen) atoms. The molecule has 2 aromatic heterocycles. The van der Waals surface area contributed by atoms with Gasteiger partial charge < -0.3 is 0 Å². The standard InChI is InChI=1S/C11H14F3N5O2S/c1-19-10(5-9(18-19)11(12,13)14)22(20,21)17-4-2-3-8-6-15-16-7-8/h5-7,17H,2-4H2,1H3,(H,15,16). The first-order valence-corrected chi connectivity index (χ1v) is 7.77. The van der Waals surface area contributed by atoms with Gasteiger partial charge in [-0.15, -0.1) is 0 Å². The highest BCUT2D eigenvalue weighted by molar-refractivity contribution is 7.89. The van der Waals surface area contributed by atoms with Crippen LogP contribution in [0.2, 0.25) is 0 Å². The summed E-state index contributed by atoms with van der Waals surface area (Å²) < 4.78 is 64.5. The van der Waals surface area contributed by atoms with Gasteiger partial charge in [0, 0.05) is 25.9 Å². The molecule has 0 aliphatic rings. The first-order chi connectivity index (χ1) is 10.2. The van der Waals surface area contributed by atoms with Gasteiger partial charge in [0.05, 0.1) is 6.20 Å². The number of aryl methyl sites for hydroxylation is 2. The second kappa shape index (κ2) is 6.08. The molecule has 2 rings (SSSR count). The van der Waals surface area contributed by atoms with Crippen LogP contribution in [0, 0.1) is 0 Å². The third-order valence-electron chi connectivity index (χ3n) is 2.89. The van der Waals surface area contributed by atoms with Gasteiger partial charge in [-0.2, -0.15) is 23.4 Å². The zero-order chi connectivity index (χ0) is 16.4. The number of hydrogen-bond acceptors (Lipinski definition) is 4. The molecular formula is C11H14F3N5O2S. The fourth-order valence-corrected chi connectivity index (χ4v) is 3.04. The number of aromatic nitrogens is 4. The Morgan fingerprint density at radius 3 is 2.68 bits per heavy atom. The topological polar surface area (TPSA) is 92.7 Å². The highest BCUT2D eigenvalue weighted by atomic mass is 32.2. The Kier molecular flexibility index (Phi) is 4.56. The van der Waals surface area contributed by atoms with Crippen LogP contribution in [0.3, 0.4) is 0 Å². The molecule has 7 nitrogen and oxygen atoms in total. The fraction of sp³-hybridized carbons (Fsp3) is 0.455. The number of nitrogens with one attached hydrogen (secondary N) is 2. The normalized spacial score (nSPS) is 12.7. The lowest BCUT2D eigenvalue weighted by atomic mass is 10.2. The van der Waals surface area contributed by atoms with Crippen molar-refractivity contribution in [3.63, 3.8) is 0 Å². The van der Waals surface area contributed by atoms with Crippen molar-refractivity contribution in [3.8, 4) is 0 Å². The number of aromatic amines is 1. The zero-order valence-electron chi connectivity index (χ0n) is 11.6. The molecule has 0 atom stereocenters. The number of halogens is 3. The van der Waals surface area contributed by atoms with E-state index in [4.69, 9.17) is 0 Å². The summed E-state index contributed by atoms with van der Waals surface area (Å²) >= 11 is 0. The molecule has 0 radical (unpaired) electrons. The molecule has 2 heterocycles. The van der Waals surface area contributed by atoms with Crippen molar-refractivity contribution in [1.29, 1.82) is 0 Å². The molecule has 0 aliphatic heterocycles. The third-order valence-corrected chi connectivity index (χ3v) is 4.41. The SMILES string of the molecule is Cn1nc(C(F)(F)F)cc1S(=O)(=O)NCCCc1cn[nH]c1. The van der Waals surface area contributed by atoms with Gasteiger partial charge in [0.1, 0.15) is 0 Å². The first-order valence-electron chi connectivity index (χ1n) is 6.29. The molecule has 0 unspecified atom stereocenters. The van der Waals surface area contributed by atoms with Crippen molar-refractivity contribution in [1.82, 2.24) is 24.7 Å². The number of sulfonamides is 1. The molecule has 0 bridgehead atoms. The summed E-state index contributed by atoms with van der Waals surface area (Å²) in [4.78, 5) is 0. The second-order valence-corrected chi connectivity index (χ2v) is 6.31. The third kappa shape index (κ3) is 3.85. The lowest BCUT2D eigenvalue weighted by Crippen LogP contribution is -2.27. The van der Waals surface area contributed by atoms with Crippen molar-refractivity contribution < 1.29 is 21.6 Å². The summed E-state index contributed by atoms with van der Waals surface area (Å²) in [6, 6.07) is 0.512. The summed E-state index contributed by atoms with van der Waals surface area (Å²) in [6.07, 6.45) is -0.301. The highest BCUT2D eigenvalue weighted by Crippen LogP contribution is 2.29. The Hall–Kier alpha value is -1.88. The van der Waals surface area contributed by atoms with E-state index in [-0.39, 0.29) is 6.54 Å². The van der Waals surface area contributed by atoms with Crippen LogP contribution in [0.25, 0.3) is 0 Å². The van der Waals surface area contributed by atoms with Gasteiger partial charge in [0.25, 0.3) is 10.0 Å². The molecule has 0 amide bonds. The molecule has 2 aromatic rings. The summed E-state index contributed by atoms with van der Waals surface area (Å²) in [5, 5.41) is 9.04. The van der Waals surface area contributed by atoms with Crippen LogP contribution >= 0.6 is 0 Å². The van der Waals surface area contributed by atoms with E-state index in [2.05, 4.69) is 20.0 Å². The van der Waals surface area contributed by atoms with E-state index in [0.29, 0.717) is 23.6 Å². The summed E-state index contributed by atoms with van der Waals surface area (Å²) in [6.45, 7) is 0.0973. The summed E-state index contributed by atoms with van der Waals surface area (Å²) in [7, 11) is -2.90. The highest BCUT2D eigenvalue weighted by Gasteiger charge is 2.36. The van der Waals surface area contributed by atoms with E-state index in [1.54, 1.807) is 12.4 Å². The minimum atomic E-state index is -4.69. The van der Waals surface area contributed by atoms with E-state index >= 15 is 0 Å². The number of H-pyrrole nitrogens is 1. The molecular weight excluding hydrogens is 323 g/mol. The van der Waals surface area contributed by atoms with Crippen LogP contribution in [0.5, 0.6) is 0 Å². The average Bonchev–Trinajstić information content (AvgIpc) is 3.03. The van der Waals surface area contributed by atoms with Crippen molar-refractivity contribution in [2.45, 2.75) is 24.0 Å². The predicted octanol–water partition coefficient (Wildman–Crippen LogP) is 1.07. The fourth-order valence-electron chi connectivity index (χ4n) is 1.83. The minimum absolute atomic E-state index is 0.0973. The van der Waals surface area contributed by atoms with E-state index in [0.717, 1.165) is 12.6 Å². The van der Waals surface area contributed by atoms with Gasteiger partial charge in [-0.25, -0.2) is 13.1 Å². The Bertz CT molecular complexity index is 721. The lowest BCUT2D eigenvalue weighted by Gasteiger charge is -2.06. The van der Waals surface area contributed by atoms with Crippen LogP contribution in [0.4, 0.5) is 13.2 Å². The first kappa shape index (κ1) is 16.5. The van der Waals surface area contributed by atoms with Gasteiger partial charge in [-0.1, -0.05) is 0 Å². The number of nitrogens with zero attached hydrogens (tertiary/aromatic N) is 3. The average molecular weight is 337 g/mol. The largest absolute Gasteiger partial charge is 0.435 e. The molecule has 0 saturated carbocycles. The van der Waals surface area contributed by atoms with E-state index in [1.807, 2.05) is 0 Å². The maximum absolute atomic E-state index is 12.5. The lowest BCUT2D eigenvalue weighted by molar-refractivity contribution is -0.141. The molecule has 122 valence electrons. The predicted molar refractivity (Wildman–Crippen MR) is 70.3 cm³/mol. The Morgan fingerprint density at radius 2 is 2.14 bits per heavy atom. The van der Waals surface area contributed by atoms with Crippen molar-refractivity contribution >= 4 is 10.0 Å². The van der Waals surface area contributed by atoms with Gasteiger partial charge in [-0.05, 0) is 18.4 Å². The van der Waals surface area contributed by atoms with Gasteiger partial charge in [0.2, 0.25) is 0 Å². The van der Waals surface area contributed by atoms with Gasteiger partial charge in [0.15, 0.2) is 10.7 Å². The molecule has 0 spiro atoms. The monoisotopic (exact) mass is 337 g/mol. The zero-order valence-corrected chi connectivity index (χ0v) is 12.4. The molecule has 0 saturated heterocycles. The van der Waals surface area contributed by atoms with Crippen molar-refractivity contribution in [2.75, 3.05) is 6.54 Å². The van der Waals surface area contributed by atoms with Crippen LogP contribution in [0.15, 0.2) is 23.5 Å². The summed E-state index contributed by atoms with van der Waals surface area (Å²) in [5.41, 5.74) is -0.326.